The largest absolute Gasteiger partial charge is 0.444 e. The standard InChI is InChI=1S/C32H44N6O8S2/c1-21(2)43-17-15-37-23-11-13-35(27(23)29(41)33-31(37)47)19-45-25(39)9-7-5-6-8-10-26(40)46-20-36-14-12-24-28(36)30(42)34-32(48)38(24)16-18-44-22(3)4/h11-14,21-22H,5-10,15-20H2,1-4H3,(H,33,41,47)(H,34,42,48). The van der Waals surface area contributed by atoms with Crippen LogP contribution in [0.2, 0.25) is 0 Å². The first-order valence-electron chi connectivity index (χ1n) is 16.1. The number of hydrogen-bond acceptors (Lipinski definition) is 10. The molecule has 0 amide bonds. The van der Waals surface area contributed by atoms with Gasteiger partial charge in [-0.3, -0.25) is 29.1 Å². The Morgan fingerprint density at radius 2 is 1.08 bits per heavy atom. The topological polar surface area (TPSA) is 156 Å². The first-order valence-corrected chi connectivity index (χ1v) is 17.0. The van der Waals surface area contributed by atoms with Gasteiger partial charge in [0.15, 0.2) is 23.0 Å². The Morgan fingerprint density at radius 3 is 1.46 bits per heavy atom. The van der Waals surface area contributed by atoms with Gasteiger partial charge in [0.05, 0.1) is 36.5 Å². The Labute approximate surface area is 287 Å². The molecule has 0 aliphatic carbocycles. The molecule has 0 aromatic carbocycles. The third-order valence-corrected chi connectivity index (χ3v) is 8.25. The van der Waals surface area contributed by atoms with Gasteiger partial charge in [0.2, 0.25) is 0 Å². The third kappa shape index (κ3) is 9.84. The number of esters is 2. The maximum Gasteiger partial charge on any atom is 0.307 e. The molecule has 0 saturated heterocycles. The number of carbonyl (C=O) groups excluding carboxylic acids is 2. The SMILES string of the molecule is CC(C)OCCn1c(=S)[nH]c(=O)c2c1ccn2COC(=O)CCCCCCC(=O)OCn1ccc2c1c(=O)[nH]c(=S)n2CCOC(C)C. The maximum atomic E-state index is 12.6. The minimum absolute atomic E-state index is 0.0743. The molecule has 0 unspecified atom stereocenters. The number of fused-ring (bicyclic) bond motifs is 2. The van der Waals surface area contributed by atoms with Crippen molar-refractivity contribution in [2.45, 2.75) is 105 Å². The third-order valence-electron chi connectivity index (χ3n) is 7.60. The van der Waals surface area contributed by atoms with E-state index in [-0.39, 0.29) is 61.6 Å². The van der Waals surface area contributed by atoms with Crippen LogP contribution >= 0.6 is 24.4 Å². The molecular formula is C32H44N6O8S2. The maximum absolute atomic E-state index is 12.6. The van der Waals surface area contributed by atoms with Crippen LogP contribution in [0.3, 0.4) is 0 Å². The Balaban J connectivity index is 1.17. The number of unbranched alkanes of at least 4 members (excludes halogenated alkanes) is 3. The lowest BCUT2D eigenvalue weighted by molar-refractivity contribution is -0.148. The number of nitrogens with one attached hydrogen (secondary N) is 2. The molecule has 0 spiro atoms. The van der Waals surface area contributed by atoms with E-state index in [1.165, 1.54) is 0 Å². The van der Waals surface area contributed by atoms with Crippen LogP contribution in [0.15, 0.2) is 34.1 Å². The molecule has 0 fully saturated rings. The summed E-state index contributed by atoms with van der Waals surface area (Å²) in [5.41, 5.74) is 1.31. The zero-order valence-electron chi connectivity index (χ0n) is 27.8. The van der Waals surface area contributed by atoms with Crippen molar-refractivity contribution in [3.63, 3.8) is 0 Å². The van der Waals surface area contributed by atoms with Gasteiger partial charge in [-0.15, -0.1) is 0 Å². The normalized spacial score (nSPS) is 11.7. The summed E-state index contributed by atoms with van der Waals surface area (Å²) in [7, 11) is 0. The van der Waals surface area contributed by atoms with Gasteiger partial charge < -0.3 is 37.2 Å². The molecule has 16 heteroatoms. The van der Waals surface area contributed by atoms with E-state index in [0.29, 0.717) is 70.8 Å². The predicted molar refractivity (Wildman–Crippen MR) is 185 cm³/mol. The Hall–Kier alpha value is -3.86. The van der Waals surface area contributed by atoms with Gasteiger partial charge in [-0.2, -0.15) is 0 Å². The monoisotopic (exact) mass is 704 g/mol. The minimum atomic E-state index is -0.378. The number of carbonyl (C=O) groups is 2. The molecule has 4 heterocycles. The van der Waals surface area contributed by atoms with Crippen molar-refractivity contribution in [1.82, 2.24) is 28.2 Å². The summed E-state index contributed by atoms with van der Waals surface area (Å²) in [4.78, 5) is 55.4. The van der Waals surface area contributed by atoms with Gasteiger partial charge in [-0.1, -0.05) is 12.8 Å². The van der Waals surface area contributed by atoms with Crippen molar-refractivity contribution in [2.24, 2.45) is 0 Å². The van der Waals surface area contributed by atoms with Crippen molar-refractivity contribution in [3.05, 3.63) is 54.8 Å². The zero-order chi connectivity index (χ0) is 34.8. The lowest BCUT2D eigenvalue weighted by Gasteiger charge is -2.12. The lowest BCUT2D eigenvalue weighted by Crippen LogP contribution is -2.20. The first-order chi connectivity index (χ1) is 23.0. The average molecular weight is 705 g/mol. The van der Waals surface area contributed by atoms with E-state index in [0.717, 1.165) is 12.8 Å². The molecule has 4 rings (SSSR count). The van der Waals surface area contributed by atoms with Crippen molar-refractivity contribution in [1.29, 1.82) is 0 Å². The number of aromatic nitrogens is 6. The fourth-order valence-electron chi connectivity index (χ4n) is 5.26. The van der Waals surface area contributed by atoms with Gasteiger partial charge in [-0.05, 0) is 77.1 Å². The molecular weight excluding hydrogens is 661 g/mol. The Morgan fingerprint density at radius 1 is 0.688 bits per heavy atom. The highest BCUT2D eigenvalue weighted by molar-refractivity contribution is 7.71. The van der Waals surface area contributed by atoms with E-state index in [1.54, 1.807) is 42.8 Å². The zero-order valence-corrected chi connectivity index (χ0v) is 29.5. The van der Waals surface area contributed by atoms with Crippen molar-refractivity contribution >= 4 is 58.4 Å². The number of nitrogens with zero attached hydrogens (tertiary/aromatic N) is 4. The van der Waals surface area contributed by atoms with Crippen LogP contribution in [-0.4, -0.2) is 65.6 Å². The summed E-state index contributed by atoms with van der Waals surface area (Å²) in [6.07, 6.45) is 6.62. The molecule has 0 bridgehead atoms. The quantitative estimate of drug-likeness (QED) is 0.0780. The molecule has 262 valence electrons. The molecule has 0 atom stereocenters. The average Bonchev–Trinajstić information content (AvgIpc) is 3.65. The van der Waals surface area contributed by atoms with Crippen LogP contribution in [0.5, 0.6) is 0 Å². The van der Waals surface area contributed by atoms with Gasteiger partial charge in [0.1, 0.15) is 11.0 Å². The second kappa shape index (κ2) is 17.5. The molecule has 0 aliphatic rings. The molecule has 4 aromatic heterocycles. The summed E-state index contributed by atoms with van der Waals surface area (Å²) in [5.74, 6) is -0.756. The van der Waals surface area contributed by atoms with Crippen LogP contribution < -0.4 is 11.1 Å². The minimum Gasteiger partial charge on any atom is -0.444 e. The summed E-state index contributed by atoms with van der Waals surface area (Å²) in [6.45, 7) is 9.42. The number of ether oxygens (including phenoxy) is 4. The molecule has 0 aliphatic heterocycles. The number of H-pyrrole nitrogens is 2. The fourth-order valence-corrected chi connectivity index (χ4v) is 5.82. The smallest absolute Gasteiger partial charge is 0.307 e. The summed E-state index contributed by atoms with van der Waals surface area (Å²) in [5, 5.41) is 0. The first kappa shape index (κ1) is 37.0. The van der Waals surface area contributed by atoms with E-state index < -0.39 is 0 Å². The molecule has 2 N–H and O–H groups in total. The van der Waals surface area contributed by atoms with Crippen LogP contribution in [0, 0.1) is 9.54 Å². The van der Waals surface area contributed by atoms with E-state index in [2.05, 4.69) is 9.97 Å². The predicted octanol–water partition coefficient (Wildman–Crippen LogP) is 4.93. The second-order valence-electron chi connectivity index (χ2n) is 11.9. The van der Waals surface area contributed by atoms with Crippen molar-refractivity contribution in [3.8, 4) is 0 Å². The van der Waals surface area contributed by atoms with Crippen LogP contribution in [0.4, 0.5) is 0 Å². The second-order valence-corrected chi connectivity index (χ2v) is 12.7. The number of hydrogen-bond donors (Lipinski definition) is 2. The summed E-state index contributed by atoms with van der Waals surface area (Å²) < 4.78 is 29.5. The highest BCUT2D eigenvalue weighted by Crippen LogP contribution is 2.15. The van der Waals surface area contributed by atoms with E-state index >= 15 is 0 Å². The summed E-state index contributed by atoms with van der Waals surface area (Å²) in [6, 6.07) is 3.54. The highest BCUT2D eigenvalue weighted by atomic mass is 32.1. The summed E-state index contributed by atoms with van der Waals surface area (Å²) >= 11 is 10.7. The van der Waals surface area contributed by atoms with E-state index in [1.807, 2.05) is 27.7 Å². The van der Waals surface area contributed by atoms with Gasteiger partial charge in [0, 0.05) is 38.3 Å². The van der Waals surface area contributed by atoms with Crippen molar-refractivity contribution < 1.29 is 28.5 Å². The van der Waals surface area contributed by atoms with Crippen LogP contribution in [0.25, 0.3) is 22.1 Å². The highest BCUT2D eigenvalue weighted by Gasteiger charge is 2.14. The van der Waals surface area contributed by atoms with Gasteiger partial charge >= 0.3 is 11.9 Å². The van der Waals surface area contributed by atoms with Gasteiger partial charge in [0.25, 0.3) is 11.1 Å². The Bertz CT molecular complexity index is 1810. The van der Waals surface area contributed by atoms with E-state index in [9.17, 15) is 19.2 Å². The fraction of sp³-hybridized carbons (Fsp3) is 0.562. The lowest BCUT2D eigenvalue weighted by atomic mass is 10.1. The molecule has 14 nitrogen and oxygen atoms in total. The molecule has 48 heavy (non-hydrogen) atoms. The number of rotatable bonds is 19. The Kier molecular flexibility index (Phi) is 13.5. The van der Waals surface area contributed by atoms with Crippen LogP contribution in [-0.2, 0) is 55.1 Å². The van der Waals surface area contributed by atoms with Gasteiger partial charge in [-0.25, -0.2) is 0 Å². The van der Waals surface area contributed by atoms with Crippen molar-refractivity contribution in [2.75, 3.05) is 13.2 Å². The number of aromatic amines is 2. The molecule has 0 saturated carbocycles. The molecule has 0 radical (unpaired) electrons. The van der Waals surface area contributed by atoms with Crippen LogP contribution in [0.1, 0.15) is 66.2 Å². The molecule has 4 aromatic rings. The van der Waals surface area contributed by atoms with E-state index in [4.69, 9.17) is 43.4 Å².